The number of anilines is 1. The lowest BCUT2D eigenvalue weighted by atomic mass is 10.3. The van der Waals surface area contributed by atoms with Crippen molar-refractivity contribution in [3.63, 3.8) is 0 Å². The number of nitrogen functional groups attached to an aromatic ring is 1. The first kappa shape index (κ1) is 11.9. The third kappa shape index (κ3) is 2.35. The molecule has 0 aliphatic rings. The molecule has 1 heterocycles. The molecule has 5 heteroatoms. The van der Waals surface area contributed by atoms with Crippen LogP contribution in [-0.4, -0.2) is 4.98 Å². The number of aromatic nitrogens is 1. The van der Waals surface area contributed by atoms with Crippen LogP contribution in [0.15, 0.2) is 40.8 Å². The zero-order valence-electron chi connectivity index (χ0n) is 10.2. The SMILES string of the molecule is Cc1nc2ccc(Oc3ccc(N)cc3Cl)cc2o1. The number of aryl methyl sites for hydroxylation is 1. The minimum absolute atomic E-state index is 0.467. The van der Waals surface area contributed by atoms with Gasteiger partial charge >= 0.3 is 0 Å². The standard InChI is InChI=1S/C14H11ClN2O2/c1-8-17-12-4-3-10(7-14(12)18-8)19-13-5-2-9(16)6-11(13)15/h2-7H,16H2,1H3. The number of hydrogen-bond donors (Lipinski definition) is 1. The number of nitrogens with two attached hydrogens (primary N) is 1. The molecule has 0 amide bonds. The van der Waals surface area contributed by atoms with E-state index < -0.39 is 0 Å². The van der Waals surface area contributed by atoms with Gasteiger partial charge in [0.05, 0.1) is 5.02 Å². The Hall–Kier alpha value is -2.20. The molecule has 0 atom stereocenters. The van der Waals surface area contributed by atoms with Gasteiger partial charge in [-0.05, 0) is 30.3 Å². The average molecular weight is 275 g/mol. The van der Waals surface area contributed by atoms with Crippen molar-refractivity contribution in [1.82, 2.24) is 4.98 Å². The Morgan fingerprint density at radius 1 is 1.21 bits per heavy atom. The molecule has 0 fully saturated rings. The van der Waals surface area contributed by atoms with Gasteiger partial charge in [0.1, 0.15) is 17.0 Å². The fourth-order valence-electron chi connectivity index (χ4n) is 1.81. The quantitative estimate of drug-likeness (QED) is 0.713. The van der Waals surface area contributed by atoms with Crippen molar-refractivity contribution in [1.29, 1.82) is 0 Å². The van der Waals surface area contributed by atoms with Gasteiger partial charge < -0.3 is 14.9 Å². The molecular formula is C14H11ClN2O2. The second-order valence-corrected chi connectivity index (χ2v) is 4.56. The summed E-state index contributed by atoms with van der Waals surface area (Å²) in [4.78, 5) is 4.23. The molecule has 0 bridgehead atoms. The van der Waals surface area contributed by atoms with Crippen LogP contribution in [0.5, 0.6) is 11.5 Å². The third-order valence-corrected chi connectivity index (χ3v) is 2.95. The molecule has 0 spiro atoms. The predicted octanol–water partition coefficient (Wildman–Crippen LogP) is 4.16. The van der Waals surface area contributed by atoms with Gasteiger partial charge in [-0.25, -0.2) is 4.98 Å². The Bertz CT molecular complexity index is 752. The summed E-state index contributed by atoms with van der Waals surface area (Å²) in [7, 11) is 0. The molecule has 2 aromatic carbocycles. The summed E-state index contributed by atoms with van der Waals surface area (Å²) in [6, 6.07) is 10.5. The van der Waals surface area contributed by atoms with Crippen molar-refractivity contribution >= 4 is 28.4 Å². The van der Waals surface area contributed by atoms with E-state index in [2.05, 4.69) is 4.98 Å². The van der Waals surface area contributed by atoms with Crippen molar-refractivity contribution in [3.05, 3.63) is 47.3 Å². The zero-order valence-corrected chi connectivity index (χ0v) is 10.9. The third-order valence-electron chi connectivity index (χ3n) is 2.65. The summed E-state index contributed by atoms with van der Waals surface area (Å²) >= 11 is 6.06. The number of hydrogen-bond acceptors (Lipinski definition) is 4. The maximum atomic E-state index is 6.06. The van der Waals surface area contributed by atoms with E-state index >= 15 is 0 Å². The van der Waals surface area contributed by atoms with Crippen LogP contribution in [-0.2, 0) is 0 Å². The predicted molar refractivity (Wildman–Crippen MR) is 74.7 cm³/mol. The Kier molecular flexibility index (Phi) is 2.80. The molecule has 3 aromatic rings. The first-order valence-corrected chi connectivity index (χ1v) is 6.10. The van der Waals surface area contributed by atoms with Gasteiger partial charge in [0, 0.05) is 18.7 Å². The summed E-state index contributed by atoms with van der Waals surface area (Å²) in [5, 5.41) is 0.467. The van der Waals surface area contributed by atoms with Crippen LogP contribution in [0.3, 0.4) is 0 Å². The number of oxazole rings is 1. The molecule has 1 aromatic heterocycles. The summed E-state index contributed by atoms with van der Waals surface area (Å²) < 4.78 is 11.2. The first-order chi connectivity index (χ1) is 9.11. The normalized spacial score (nSPS) is 10.8. The largest absolute Gasteiger partial charge is 0.456 e. The lowest BCUT2D eigenvalue weighted by Gasteiger charge is -2.07. The number of nitrogens with zero attached hydrogens (tertiary/aromatic N) is 1. The van der Waals surface area contributed by atoms with Crippen LogP contribution < -0.4 is 10.5 Å². The topological polar surface area (TPSA) is 61.3 Å². The molecule has 4 nitrogen and oxygen atoms in total. The average Bonchev–Trinajstić information content (AvgIpc) is 2.72. The molecular weight excluding hydrogens is 264 g/mol. The maximum Gasteiger partial charge on any atom is 0.192 e. The molecule has 0 aliphatic carbocycles. The maximum absolute atomic E-state index is 6.06. The number of ether oxygens (including phenoxy) is 1. The van der Waals surface area contributed by atoms with Gasteiger partial charge in [-0.3, -0.25) is 0 Å². The molecule has 2 N–H and O–H groups in total. The molecule has 0 saturated carbocycles. The van der Waals surface area contributed by atoms with Gasteiger partial charge in [0.2, 0.25) is 0 Å². The van der Waals surface area contributed by atoms with Crippen LogP contribution in [0.1, 0.15) is 5.89 Å². The van der Waals surface area contributed by atoms with Crippen LogP contribution in [0, 0.1) is 6.92 Å². The van der Waals surface area contributed by atoms with Gasteiger partial charge in [0.15, 0.2) is 11.5 Å². The molecule has 0 radical (unpaired) electrons. The highest BCUT2D eigenvalue weighted by atomic mass is 35.5. The van der Waals surface area contributed by atoms with E-state index in [-0.39, 0.29) is 0 Å². The fourth-order valence-corrected chi connectivity index (χ4v) is 2.04. The smallest absolute Gasteiger partial charge is 0.192 e. The van der Waals surface area contributed by atoms with Crippen molar-refractivity contribution in [2.75, 3.05) is 5.73 Å². The number of halogens is 1. The summed E-state index contributed by atoms with van der Waals surface area (Å²) in [6.07, 6.45) is 0. The van der Waals surface area contributed by atoms with Crippen LogP contribution >= 0.6 is 11.6 Å². The number of benzene rings is 2. The number of rotatable bonds is 2. The van der Waals surface area contributed by atoms with E-state index in [1.54, 1.807) is 31.2 Å². The monoisotopic (exact) mass is 274 g/mol. The van der Waals surface area contributed by atoms with Gasteiger partial charge in [-0.2, -0.15) is 0 Å². The Morgan fingerprint density at radius 3 is 2.84 bits per heavy atom. The van der Waals surface area contributed by atoms with Crippen molar-refractivity contribution < 1.29 is 9.15 Å². The summed E-state index contributed by atoms with van der Waals surface area (Å²) in [6.45, 7) is 1.80. The fraction of sp³-hybridized carbons (Fsp3) is 0.0714. The lowest BCUT2D eigenvalue weighted by molar-refractivity contribution is 0.481. The summed E-state index contributed by atoms with van der Waals surface area (Å²) in [5.74, 6) is 1.81. The van der Waals surface area contributed by atoms with Gasteiger partial charge in [-0.1, -0.05) is 11.6 Å². The molecule has 3 rings (SSSR count). The minimum Gasteiger partial charge on any atom is -0.456 e. The summed E-state index contributed by atoms with van der Waals surface area (Å²) in [5.41, 5.74) is 7.71. The van der Waals surface area contributed by atoms with Gasteiger partial charge in [-0.15, -0.1) is 0 Å². The second-order valence-electron chi connectivity index (χ2n) is 4.15. The van der Waals surface area contributed by atoms with E-state index in [9.17, 15) is 0 Å². The molecule has 19 heavy (non-hydrogen) atoms. The van der Waals surface area contributed by atoms with Crippen LogP contribution in [0.4, 0.5) is 5.69 Å². The molecule has 96 valence electrons. The Labute approximate surface area is 114 Å². The first-order valence-electron chi connectivity index (χ1n) is 5.72. The van der Waals surface area contributed by atoms with Crippen LogP contribution in [0.2, 0.25) is 5.02 Å². The highest BCUT2D eigenvalue weighted by Gasteiger charge is 2.07. The molecule has 0 saturated heterocycles. The highest BCUT2D eigenvalue weighted by molar-refractivity contribution is 6.32. The highest BCUT2D eigenvalue weighted by Crippen LogP contribution is 2.32. The van der Waals surface area contributed by atoms with E-state index in [0.717, 1.165) is 5.52 Å². The lowest BCUT2D eigenvalue weighted by Crippen LogP contribution is -1.88. The zero-order chi connectivity index (χ0) is 13.4. The van der Waals surface area contributed by atoms with Gasteiger partial charge in [0.25, 0.3) is 0 Å². The Balaban J connectivity index is 1.96. The van der Waals surface area contributed by atoms with Crippen molar-refractivity contribution in [3.8, 4) is 11.5 Å². The van der Waals surface area contributed by atoms with E-state index in [1.165, 1.54) is 0 Å². The molecule has 0 unspecified atom stereocenters. The second kappa shape index (κ2) is 4.48. The van der Waals surface area contributed by atoms with Crippen molar-refractivity contribution in [2.24, 2.45) is 0 Å². The molecule has 0 aliphatic heterocycles. The van der Waals surface area contributed by atoms with E-state index in [0.29, 0.717) is 33.7 Å². The Morgan fingerprint density at radius 2 is 2.05 bits per heavy atom. The minimum atomic E-state index is 0.467. The van der Waals surface area contributed by atoms with Crippen molar-refractivity contribution in [2.45, 2.75) is 6.92 Å². The number of fused-ring (bicyclic) bond motifs is 1. The van der Waals surface area contributed by atoms with E-state index in [1.807, 2.05) is 12.1 Å². The van der Waals surface area contributed by atoms with Crippen LogP contribution in [0.25, 0.3) is 11.1 Å². The van der Waals surface area contributed by atoms with E-state index in [4.69, 9.17) is 26.5 Å².